The first-order chi connectivity index (χ1) is 6.08. The van der Waals surface area contributed by atoms with Gasteiger partial charge in [-0.15, -0.1) is 0 Å². The minimum Gasteiger partial charge on any atom is -0.0601 e. The van der Waals surface area contributed by atoms with Gasteiger partial charge < -0.3 is 0 Å². The summed E-state index contributed by atoms with van der Waals surface area (Å²) in [7, 11) is 0. The summed E-state index contributed by atoms with van der Waals surface area (Å²) in [6, 6.07) is 0. The fourth-order valence-electron chi connectivity index (χ4n) is 1.71. The van der Waals surface area contributed by atoms with Crippen LogP contribution in [0.5, 0.6) is 0 Å². The van der Waals surface area contributed by atoms with E-state index >= 15 is 0 Å². The highest BCUT2D eigenvalue weighted by Crippen LogP contribution is 2.36. The van der Waals surface area contributed by atoms with Gasteiger partial charge in [-0.05, 0) is 94.8 Å². The molecule has 1 aliphatic carbocycles. The van der Waals surface area contributed by atoms with E-state index in [0.717, 1.165) is 6.78 Å². The van der Waals surface area contributed by atoms with Crippen molar-refractivity contribution in [1.29, 1.82) is 0 Å². The summed E-state index contributed by atoms with van der Waals surface area (Å²) >= 11 is 13.6. The van der Waals surface area contributed by atoms with Crippen molar-refractivity contribution in [3.8, 4) is 0 Å². The van der Waals surface area contributed by atoms with Gasteiger partial charge >= 0.3 is 0 Å². The van der Waals surface area contributed by atoms with Gasteiger partial charge in [0.1, 0.15) is 0 Å². The van der Waals surface area contributed by atoms with E-state index in [1.54, 1.807) is 0 Å². The van der Waals surface area contributed by atoms with Crippen molar-refractivity contribution in [2.24, 2.45) is 11.8 Å². The molecule has 0 spiro atoms. The van der Waals surface area contributed by atoms with Crippen molar-refractivity contribution in [3.63, 3.8) is 0 Å². The molecule has 0 saturated heterocycles. The SMILES string of the molecule is BrC(Br)=CC1CCC(C=C(Br)Br)C1. The van der Waals surface area contributed by atoms with Gasteiger partial charge in [0.2, 0.25) is 0 Å². The second-order valence-corrected chi connectivity index (χ2v) is 8.79. The maximum Gasteiger partial charge on any atom is 0.0567 e. The Labute approximate surface area is 113 Å². The van der Waals surface area contributed by atoms with Crippen LogP contribution in [0.4, 0.5) is 0 Å². The Morgan fingerprint density at radius 1 is 0.846 bits per heavy atom. The molecule has 0 heterocycles. The molecule has 0 amide bonds. The largest absolute Gasteiger partial charge is 0.0601 e. The monoisotopic (exact) mass is 434 g/mol. The molecule has 0 N–H and O–H groups in total. The normalized spacial score (nSPS) is 27.1. The Morgan fingerprint density at radius 3 is 1.54 bits per heavy atom. The van der Waals surface area contributed by atoms with E-state index in [1.165, 1.54) is 19.3 Å². The molecule has 0 aromatic carbocycles. The molecule has 13 heavy (non-hydrogen) atoms. The highest BCUT2D eigenvalue weighted by Gasteiger charge is 2.21. The van der Waals surface area contributed by atoms with E-state index in [9.17, 15) is 0 Å². The first kappa shape index (κ1) is 12.5. The van der Waals surface area contributed by atoms with E-state index in [4.69, 9.17) is 0 Å². The van der Waals surface area contributed by atoms with Crippen LogP contribution in [-0.2, 0) is 0 Å². The molecule has 2 atom stereocenters. The van der Waals surface area contributed by atoms with Gasteiger partial charge in [-0.3, -0.25) is 0 Å². The fraction of sp³-hybridized carbons (Fsp3) is 0.556. The summed E-state index contributed by atoms with van der Waals surface area (Å²) in [6.45, 7) is 0. The topological polar surface area (TPSA) is 0 Å². The van der Waals surface area contributed by atoms with Gasteiger partial charge in [-0.25, -0.2) is 0 Å². The lowest BCUT2D eigenvalue weighted by atomic mass is 10.1. The zero-order chi connectivity index (χ0) is 9.84. The smallest absolute Gasteiger partial charge is 0.0567 e. The van der Waals surface area contributed by atoms with E-state index in [2.05, 4.69) is 75.9 Å². The Hall–Kier alpha value is 1.40. The van der Waals surface area contributed by atoms with Crippen molar-refractivity contribution in [1.82, 2.24) is 0 Å². The van der Waals surface area contributed by atoms with Crippen molar-refractivity contribution < 1.29 is 0 Å². The summed E-state index contributed by atoms with van der Waals surface area (Å²) in [5.74, 6) is 1.43. The minimum atomic E-state index is 0.717. The Balaban J connectivity index is 2.45. The van der Waals surface area contributed by atoms with Crippen molar-refractivity contribution in [3.05, 3.63) is 18.9 Å². The second-order valence-electron chi connectivity index (χ2n) is 3.25. The molecule has 2 unspecified atom stereocenters. The Morgan fingerprint density at radius 2 is 1.23 bits per heavy atom. The highest BCUT2D eigenvalue weighted by molar-refractivity contribution is 9.28. The van der Waals surface area contributed by atoms with Gasteiger partial charge in [-0.1, -0.05) is 12.2 Å². The van der Waals surface area contributed by atoms with E-state index in [1.807, 2.05) is 0 Å². The first-order valence-corrected chi connectivity index (χ1v) is 7.30. The molecular weight excluding hydrogens is 428 g/mol. The summed E-state index contributed by atoms with van der Waals surface area (Å²) in [5, 5.41) is 0. The van der Waals surface area contributed by atoms with Crippen molar-refractivity contribution >= 4 is 63.7 Å². The molecule has 4 heteroatoms. The average molecular weight is 438 g/mol. The van der Waals surface area contributed by atoms with E-state index in [-0.39, 0.29) is 0 Å². The fourth-order valence-corrected chi connectivity index (χ4v) is 3.21. The highest BCUT2D eigenvalue weighted by atomic mass is 79.9. The molecule has 74 valence electrons. The molecule has 1 aliphatic rings. The predicted molar refractivity (Wildman–Crippen MR) is 72.7 cm³/mol. The van der Waals surface area contributed by atoms with Crippen molar-refractivity contribution in [2.45, 2.75) is 19.3 Å². The third kappa shape index (κ3) is 5.14. The summed E-state index contributed by atoms with van der Waals surface area (Å²) in [4.78, 5) is 0. The number of hydrogen-bond donors (Lipinski definition) is 0. The number of halogens is 4. The third-order valence-corrected chi connectivity index (χ3v) is 3.29. The molecule has 1 fully saturated rings. The van der Waals surface area contributed by atoms with Crippen LogP contribution in [0.25, 0.3) is 0 Å². The number of rotatable bonds is 2. The van der Waals surface area contributed by atoms with Crippen LogP contribution in [0.3, 0.4) is 0 Å². The van der Waals surface area contributed by atoms with Gasteiger partial charge in [0.15, 0.2) is 0 Å². The summed E-state index contributed by atoms with van der Waals surface area (Å²) < 4.78 is 2.15. The average Bonchev–Trinajstić information content (AvgIpc) is 2.33. The summed E-state index contributed by atoms with van der Waals surface area (Å²) in [5.41, 5.74) is 0. The maximum atomic E-state index is 3.40. The molecule has 0 aromatic rings. The molecule has 1 saturated carbocycles. The maximum absolute atomic E-state index is 3.40. The first-order valence-electron chi connectivity index (χ1n) is 4.13. The van der Waals surface area contributed by atoms with E-state index < -0.39 is 0 Å². The van der Waals surface area contributed by atoms with Crippen LogP contribution in [0.1, 0.15) is 19.3 Å². The van der Waals surface area contributed by atoms with Crippen LogP contribution in [-0.4, -0.2) is 0 Å². The molecule has 0 radical (unpaired) electrons. The Bertz CT molecular complexity index is 200. The van der Waals surface area contributed by atoms with Crippen LogP contribution in [0.15, 0.2) is 18.9 Å². The van der Waals surface area contributed by atoms with Gasteiger partial charge in [0.05, 0.1) is 6.78 Å². The minimum absolute atomic E-state index is 0.717. The number of hydrogen-bond acceptors (Lipinski definition) is 0. The summed E-state index contributed by atoms with van der Waals surface area (Å²) in [6.07, 6.45) is 8.32. The lowest BCUT2D eigenvalue weighted by Gasteiger charge is -2.03. The van der Waals surface area contributed by atoms with Gasteiger partial charge in [-0.2, -0.15) is 0 Å². The number of allylic oxidation sites excluding steroid dienone is 2. The Kier molecular flexibility index (Phi) is 5.84. The second kappa shape index (κ2) is 6.09. The van der Waals surface area contributed by atoms with Crippen molar-refractivity contribution in [2.75, 3.05) is 0 Å². The standard InChI is InChI=1S/C9H10Br4/c10-8(11)4-6-1-2-7(3-6)5-9(12)13/h4-7H,1-3H2. The van der Waals surface area contributed by atoms with Gasteiger partial charge in [0, 0.05) is 0 Å². The molecule has 0 nitrogen and oxygen atoms in total. The third-order valence-electron chi connectivity index (χ3n) is 2.24. The lowest BCUT2D eigenvalue weighted by Crippen LogP contribution is -1.90. The molecule has 0 bridgehead atoms. The molecule has 1 rings (SSSR count). The van der Waals surface area contributed by atoms with Gasteiger partial charge in [0.25, 0.3) is 0 Å². The molecule has 0 aromatic heterocycles. The lowest BCUT2D eigenvalue weighted by molar-refractivity contribution is 0.640. The van der Waals surface area contributed by atoms with Crippen LogP contribution in [0, 0.1) is 11.8 Å². The molecular formula is C9H10Br4. The van der Waals surface area contributed by atoms with Crippen LogP contribution >= 0.6 is 63.7 Å². The van der Waals surface area contributed by atoms with Crippen LogP contribution in [0.2, 0.25) is 0 Å². The zero-order valence-corrected chi connectivity index (χ0v) is 13.3. The van der Waals surface area contributed by atoms with E-state index in [0.29, 0.717) is 11.8 Å². The molecule has 0 aliphatic heterocycles. The quantitative estimate of drug-likeness (QED) is 0.522. The zero-order valence-electron chi connectivity index (χ0n) is 6.94. The van der Waals surface area contributed by atoms with Crippen LogP contribution < -0.4 is 0 Å². The predicted octanol–water partition coefficient (Wildman–Crippen LogP) is 5.67.